The number of nitrogens with zero attached hydrogens (tertiary/aromatic N) is 2. The van der Waals surface area contributed by atoms with E-state index in [0.717, 1.165) is 0 Å². The molecule has 0 radical (unpaired) electrons. The summed E-state index contributed by atoms with van der Waals surface area (Å²) in [6.45, 7) is 1.84. The van der Waals surface area contributed by atoms with Crippen molar-refractivity contribution in [3.63, 3.8) is 0 Å². The van der Waals surface area contributed by atoms with Crippen molar-refractivity contribution in [3.8, 4) is 28.5 Å². The Morgan fingerprint density at radius 1 is 1.00 bits per heavy atom. The van der Waals surface area contributed by atoms with Gasteiger partial charge in [-0.2, -0.15) is 4.99 Å². The third-order valence-corrected chi connectivity index (χ3v) is 6.53. The molecule has 0 aliphatic rings. The summed E-state index contributed by atoms with van der Waals surface area (Å²) in [7, 11) is 4.49. The van der Waals surface area contributed by atoms with Crippen molar-refractivity contribution in [2.75, 3.05) is 47.6 Å². The van der Waals surface area contributed by atoms with Crippen LogP contribution in [0.3, 0.4) is 0 Å². The zero-order valence-electron chi connectivity index (χ0n) is 22.7. The van der Waals surface area contributed by atoms with Crippen molar-refractivity contribution >= 4 is 23.2 Å². The van der Waals surface area contributed by atoms with E-state index in [1.807, 2.05) is 0 Å². The number of rotatable bonds is 14. The van der Waals surface area contributed by atoms with Crippen LogP contribution in [0.5, 0.6) is 17.2 Å². The summed E-state index contributed by atoms with van der Waals surface area (Å²) < 4.78 is 59.0. The average Bonchev–Trinajstić information content (AvgIpc) is 3.34. The third kappa shape index (κ3) is 9.62. The molecule has 3 aromatic rings. The standard InChI is InChI=1S/C27H31F3N4O6S/c1-37-14-12-32-24(35)16-31-11-4-13-34-22(18-5-7-19(8-6-18)40-27(28,29)30)17-41-26(34)33-25(36)21-10-9-20(38-2)15-23(21)39-3/h5-10,15,17,31H,4,11-14,16H2,1-3H3,(H,32,35). The number of hydrogen-bond acceptors (Lipinski definition) is 8. The second-order valence-corrected chi connectivity index (χ2v) is 9.32. The molecule has 0 bridgehead atoms. The highest BCUT2D eigenvalue weighted by Crippen LogP contribution is 2.28. The van der Waals surface area contributed by atoms with Crippen LogP contribution in [-0.4, -0.2) is 70.3 Å². The van der Waals surface area contributed by atoms with Gasteiger partial charge in [0.05, 0.1) is 38.6 Å². The molecular formula is C27H31F3N4O6S. The minimum atomic E-state index is -4.80. The zero-order chi connectivity index (χ0) is 29.8. The Morgan fingerprint density at radius 2 is 1.73 bits per heavy atom. The van der Waals surface area contributed by atoms with Gasteiger partial charge in [-0.25, -0.2) is 0 Å². The highest BCUT2D eigenvalue weighted by Gasteiger charge is 2.31. The molecule has 2 amide bonds. The molecule has 1 aromatic heterocycles. The van der Waals surface area contributed by atoms with Gasteiger partial charge in [-0.3, -0.25) is 9.59 Å². The lowest BCUT2D eigenvalue weighted by atomic mass is 10.1. The topological polar surface area (TPSA) is 112 Å². The molecule has 14 heteroatoms. The maximum absolute atomic E-state index is 13.1. The van der Waals surface area contributed by atoms with Gasteiger partial charge in [-0.15, -0.1) is 24.5 Å². The second-order valence-electron chi connectivity index (χ2n) is 8.48. The smallest absolute Gasteiger partial charge is 0.497 e. The molecule has 0 aliphatic heterocycles. The summed E-state index contributed by atoms with van der Waals surface area (Å²) in [5, 5.41) is 7.55. The highest BCUT2D eigenvalue weighted by atomic mass is 32.1. The van der Waals surface area contributed by atoms with Gasteiger partial charge in [-0.05, 0) is 54.9 Å². The van der Waals surface area contributed by atoms with Gasteiger partial charge in [0, 0.05) is 31.6 Å². The molecule has 2 aromatic carbocycles. The lowest BCUT2D eigenvalue weighted by molar-refractivity contribution is -0.274. The number of thiazole rings is 1. The summed E-state index contributed by atoms with van der Waals surface area (Å²) >= 11 is 1.21. The van der Waals surface area contributed by atoms with Crippen LogP contribution in [0.25, 0.3) is 11.3 Å². The van der Waals surface area contributed by atoms with Gasteiger partial charge in [0.1, 0.15) is 17.2 Å². The molecule has 0 atom stereocenters. The Morgan fingerprint density at radius 3 is 2.39 bits per heavy atom. The Kier molecular flexibility index (Phi) is 11.7. The maximum atomic E-state index is 13.1. The van der Waals surface area contributed by atoms with Gasteiger partial charge >= 0.3 is 6.36 Å². The molecule has 0 saturated heterocycles. The van der Waals surface area contributed by atoms with Crippen LogP contribution in [0.15, 0.2) is 52.8 Å². The van der Waals surface area contributed by atoms with E-state index in [0.29, 0.717) is 60.2 Å². The lowest BCUT2D eigenvalue weighted by Gasteiger charge is -2.12. The van der Waals surface area contributed by atoms with Crippen LogP contribution in [0.2, 0.25) is 0 Å². The number of halogens is 3. The number of methoxy groups -OCH3 is 3. The number of hydrogen-bond donors (Lipinski definition) is 2. The van der Waals surface area contributed by atoms with Crippen LogP contribution >= 0.6 is 11.3 Å². The zero-order valence-corrected chi connectivity index (χ0v) is 23.6. The quantitative estimate of drug-likeness (QED) is 0.274. The normalized spacial score (nSPS) is 11.8. The molecule has 0 fully saturated rings. The number of carbonyl (C=O) groups excluding carboxylic acids is 2. The summed E-state index contributed by atoms with van der Waals surface area (Å²) in [5.41, 5.74) is 1.50. The largest absolute Gasteiger partial charge is 0.573 e. The molecule has 41 heavy (non-hydrogen) atoms. The lowest BCUT2D eigenvalue weighted by Crippen LogP contribution is -2.36. The van der Waals surface area contributed by atoms with Crippen molar-refractivity contribution in [2.24, 2.45) is 4.99 Å². The van der Waals surface area contributed by atoms with E-state index in [1.54, 1.807) is 35.3 Å². The number of ether oxygens (including phenoxy) is 4. The summed E-state index contributed by atoms with van der Waals surface area (Å²) in [5.74, 6) is -0.227. The van der Waals surface area contributed by atoms with Crippen molar-refractivity contribution in [2.45, 2.75) is 19.3 Å². The minimum Gasteiger partial charge on any atom is -0.497 e. The van der Waals surface area contributed by atoms with Crippen molar-refractivity contribution in [1.82, 2.24) is 15.2 Å². The van der Waals surface area contributed by atoms with Gasteiger partial charge in [0.2, 0.25) is 5.91 Å². The number of alkyl halides is 3. The monoisotopic (exact) mass is 596 g/mol. The highest BCUT2D eigenvalue weighted by molar-refractivity contribution is 7.07. The van der Waals surface area contributed by atoms with E-state index in [9.17, 15) is 22.8 Å². The van der Waals surface area contributed by atoms with Crippen LogP contribution in [0.1, 0.15) is 16.8 Å². The first-order valence-electron chi connectivity index (χ1n) is 12.5. The second kappa shape index (κ2) is 15.2. The molecule has 2 N–H and O–H groups in total. The fourth-order valence-corrected chi connectivity index (χ4v) is 4.67. The molecule has 0 saturated carbocycles. The van der Waals surface area contributed by atoms with E-state index < -0.39 is 12.3 Å². The fourth-order valence-electron chi connectivity index (χ4n) is 3.73. The van der Waals surface area contributed by atoms with Crippen molar-refractivity contribution in [3.05, 3.63) is 58.2 Å². The van der Waals surface area contributed by atoms with Gasteiger partial charge in [-0.1, -0.05) is 0 Å². The van der Waals surface area contributed by atoms with Crippen molar-refractivity contribution < 1.29 is 41.7 Å². The fraction of sp³-hybridized carbons (Fsp3) is 0.370. The Labute approximate surface area is 238 Å². The maximum Gasteiger partial charge on any atom is 0.573 e. The summed E-state index contributed by atoms with van der Waals surface area (Å²) in [6.07, 6.45) is -4.23. The van der Waals surface area contributed by atoms with Gasteiger partial charge < -0.3 is 34.1 Å². The van der Waals surface area contributed by atoms with Gasteiger partial charge in [0.15, 0.2) is 4.80 Å². The Balaban J connectivity index is 1.84. The van der Waals surface area contributed by atoms with E-state index >= 15 is 0 Å². The number of nitrogens with one attached hydrogen (secondary N) is 2. The third-order valence-electron chi connectivity index (χ3n) is 5.67. The molecule has 222 valence electrons. The van der Waals surface area contributed by atoms with Crippen LogP contribution in [0, 0.1) is 0 Å². The van der Waals surface area contributed by atoms with Crippen LogP contribution in [-0.2, 0) is 16.1 Å². The molecule has 0 aliphatic carbocycles. The first-order valence-corrected chi connectivity index (χ1v) is 13.3. The average molecular weight is 597 g/mol. The number of benzene rings is 2. The van der Waals surface area contributed by atoms with E-state index in [4.69, 9.17) is 14.2 Å². The molecule has 0 spiro atoms. The number of aromatic nitrogens is 1. The molecule has 3 rings (SSSR count). The first kappa shape index (κ1) is 31.6. The number of amides is 2. The number of carbonyl (C=O) groups is 2. The van der Waals surface area contributed by atoms with Crippen LogP contribution < -0.4 is 29.6 Å². The summed E-state index contributed by atoms with van der Waals surface area (Å²) in [6, 6.07) is 10.2. The van der Waals surface area contributed by atoms with E-state index in [2.05, 4.69) is 20.4 Å². The van der Waals surface area contributed by atoms with E-state index in [-0.39, 0.29) is 23.8 Å². The molecule has 0 unspecified atom stereocenters. The SMILES string of the molecule is COCCNC(=O)CNCCCn1c(-c2ccc(OC(F)(F)F)cc2)csc1=NC(=O)c1ccc(OC)cc1OC. The molecular weight excluding hydrogens is 565 g/mol. The Hall–Kier alpha value is -3.88. The first-order chi connectivity index (χ1) is 19.6. The summed E-state index contributed by atoms with van der Waals surface area (Å²) in [4.78, 5) is 29.7. The molecule has 1 heterocycles. The minimum absolute atomic E-state index is 0.124. The van der Waals surface area contributed by atoms with Gasteiger partial charge in [0.25, 0.3) is 5.91 Å². The molecule has 10 nitrogen and oxygen atoms in total. The predicted molar refractivity (Wildman–Crippen MR) is 146 cm³/mol. The predicted octanol–water partition coefficient (Wildman–Crippen LogP) is 3.62. The van der Waals surface area contributed by atoms with Crippen molar-refractivity contribution in [1.29, 1.82) is 0 Å². The van der Waals surface area contributed by atoms with E-state index in [1.165, 1.54) is 49.8 Å². The van der Waals surface area contributed by atoms with Crippen LogP contribution in [0.4, 0.5) is 13.2 Å². The Bertz CT molecular complexity index is 1370.